The van der Waals surface area contributed by atoms with E-state index in [1.165, 1.54) is 0 Å². The van der Waals surface area contributed by atoms with E-state index in [0.29, 0.717) is 16.5 Å². The van der Waals surface area contributed by atoms with Gasteiger partial charge in [0.05, 0.1) is 11.6 Å². The molecule has 1 aromatic rings. The Morgan fingerprint density at radius 3 is 2.75 bits per heavy atom. The number of hydrogen-bond donors (Lipinski definition) is 1. The second-order valence-corrected chi connectivity index (χ2v) is 5.04. The molecule has 88 valence electrons. The van der Waals surface area contributed by atoms with E-state index in [4.69, 9.17) is 21.1 Å². The monoisotopic (exact) mass is 242 g/mol. The third kappa shape index (κ3) is 1.64. The van der Waals surface area contributed by atoms with Crippen molar-refractivity contribution < 1.29 is 14.6 Å². The van der Waals surface area contributed by atoms with E-state index in [9.17, 15) is 5.11 Å². The van der Waals surface area contributed by atoms with Crippen LogP contribution in [0.25, 0.3) is 0 Å². The van der Waals surface area contributed by atoms with Gasteiger partial charge in [0, 0.05) is 5.41 Å². The molecule has 0 aromatic heterocycles. The number of aliphatic hydroxyl groups is 1. The van der Waals surface area contributed by atoms with E-state index in [1.54, 1.807) is 0 Å². The van der Waals surface area contributed by atoms with Crippen molar-refractivity contribution in [3.05, 3.63) is 22.2 Å². The SMILES string of the molecule is Cc1cc2c(c(Cl)c1C(C)(C)CO)OCO2. The van der Waals surface area contributed by atoms with Crippen LogP contribution in [0.15, 0.2) is 6.07 Å². The topological polar surface area (TPSA) is 38.7 Å². The van der Waals surface area contributed by atoms with Crippen molar-refractivity contribution in [1.29, 1.82) is 0 Å². The summed E-state index contributed by atoms with van der Waals surface area (Å²) in [6.07, 6.45) is 0. The summed E-state index contributed by atoms with van der Waals surface area (Å²) >= 11 is 6.31. The molecule has 1 aromatic carbocycles. The zero-order valence-electron chi connectivity index (χ0n) is 9.63. The van der Waals surface area contributed by atoms with Gasteiger partial charge in [0.15, 0.2) is 11.5 Å². The summed E-state index contributed by atoms with van der Waals surface area (Å²) < 4.78 is 10.6. The first kappa shape index (κ1) is 11.6. The van der Waals surface area contributed by atoms with E-state index in [-0.39, 0.29) is 18.8 Å². The van der Waals surface area contributed by atoms with Gasteiger partial charge in [-0.25, -0.2) is 0 Å². The van der Waals surface area contributed by atoms with Crippen LogP contribution in [0.2, 0.25) is 5.02 Å². The largest absolute Gasteiger partial charge is 0.454 e. The third-order valence-electron chi connectivity index (χ3n) is 2.87. The molecule has 0 radical (unpaired) electrons. The first-order chi connectivity index (χ1) is 7.47. The van der Waals surface area contributed by atoms with Gasteiger partial charge in [-0.1, -0.05) is 25.4 Å². The van der Waals surface area contributed by atoms with E-state index in [1.807, 2.05) is 26.8 Å². The van der Waals surface area contributed by atoms with Gasteiger partial charge in [-0.15, -0.1) is 0 Å². The van der Waals surface area contributed by atoms with Crippen LogP contribution in [0.5, 0.6) is 11.5 Å². The minimum absolute atomic E-state index is 0.0349. The molecule has 0 saturated carbocycles. The average molecular weight is 243 g/mol. The lowest BCUT2D eigenvalue weighted by Gasteiger charge is -2.26. The molecular weight excluding hydrogens is 228 g/mol. The molecule has 0 bridgehead atoms. The number of benzene rings is 1. The van der Waals surface area contributed by atoms with Crippen LogP contribution in [0.1, 0.15) is 25.0 Å². The summed E-state index contributed by atoms with van der Waals surface area (Å²) in [5.74, 6) is 1.27. The maximum absolute atomic E-state index is 9.41. The smallest absolute Gasteiger partial charge is 0.231 e. The molecule has 1 heterocycles. The van der Waals surface area contributed by atoms with Gasteiger partial charge in [-0.3, -0.25) is 0 Å². The van der Waals surface area contributed by atoms with Crippen molar-refractivity contribution in [1.82, 2.24) is 0 Å². The maximum atomic E-state index is 9.41. The summed E-state index contributed by atoms with van der Waals surface area (Å²) in [7, 11) is 0. The van der Waals surface area contributed by atoms with Crippen LogP contribution < -0.4 is 9.47 Å². The Balaban J connectivity index is 2.63. The Morgan fingerprint density at radius 1 is 1.44 bits per heavy atom. The molecule has 0 amide bonds. The standard InChI is InChI=1S/C12H15ClO3/c1-7-4-8-11(16-6-15-8)10(13)9(7)12(2,3)5-14/h4,14H,5-6H2,1-3H3. The quantitative estimate of drug-likeness (QED) is 0.867. The fourth-order valence-corrected chi connectivity index (χ4v) is 2.59. The number of ether oxygens (including phenoxy) is 2. The van der Waals surface area contributed by atoms with Crippen LogP contribution in [-0.2, 0) is 5.41 Å². The Hall–Kier alpha value is -0.930. The lowest BCUT2D eigenvalue weighted by Crippen LogP contribution is -2.23. The molecule has 0 aliphatic carbocycles. The van der Waals surface area contributed by atoms with Gasteiger partial charge >= 0.3 is 0 Å². The van der Waals surface area contributed by atoms with E-state index >= 15 is 0 Å². The first-order valence-corrected chi connectivity index (χ1v) is 5.55. The van der Waals surface area contributed by atoms with Crippen molar-refractivity contribution >= 4 is 11.6 Å². The number of fused-ring (bicyclic) bond motifs is 1. The molecule has 16 heavy (non-hydrogen) atoms. The average Bonchev–Trinajstić information content (AvgIpc) is 2.65. The summed E-state index contributed by atoms with van der Waals surface area (Å²) in [5.41, 5.74) is 1.54. The van der Waals surface area contributed by atoms with Crippen LogP contribution in [0, 0.1) is 6.92 Å². The highest BCUT2D eigenvalue weighted by atomic mass is 35.5. The van der Waals surface area contributed by atoms with Crippen LogP contribution in [-0.4, -0.2) is 18.5 Å². The molecule has 0 fully saturated rings. The molecule has 1 N–H and O–H groups in total. The fourth-order valence-electron chi connectivity index (χ4n) is 2.03. The number of rotatable bonds is 2. The summed E-state index contributed by atoms with van der Waals surface area (Å²) in [5, 5.41) is 9.96. The summed E-state index contributed by atoms with van der Waals surface area (Å²) in [6.45, 7) is 6.10. The molecule has 4 heteroatoms. The Kier molecular flexibility index (Phi) is 2.76. The van der Waals surface area contributed by atoms with Crippen LogP contribution in [0.4, 0.5) is 0 Å². The van der Waals surface area contributed by atoms with Gasteiger partial charge in [-0.2, -0.15) is 0 Å². The van der Waals surface area contributed by atoms with Gasteiger partial charge in [0.1, 0.15) is 0 Å². The summed E-state index contributed by atoms with van der Waals surface area (Å²) in [6, 6.07) is 1.90. The van der Waals surface area contributed by atoms with E-state index in [0.717, 1.165) is 11.1 Å². The molecular formula is C12H15ClO3. The van der Waals surface area contributed by atoms with Crippen molar-refractivity contribution in [2.75, 3.05) is 13.4 Å². The Labute approximate surface area is 99.9 Å². The molecule has 0 atom stereocenters. The summed E-state index contributed by atoms with van der Waals surface area (Å²) in [4.78, 5) is 0. The molecule has 2 rings (SSSR count). The number of hydrogen-bond acceptors (Lipinski definition) is 3. The number of aliphatic hydroxyl groups excluding tert-OH is 1. The molecule has 3 nitrogen and oxygen atoms in total. The highest BCUT2D eigenvalue weighted by Crippen LogP contribution is 2.46. The molecule has 0 unspecified atom stereocenters. The highest BCUT2D eigenvalue weighted by Gasteiger charge is 2.30. The number of halogens is 1. The third-order valence-corrected chi connectivity index (χ3v) is 3.23. The Morgan fingerprint density at radius 2 is 2.12 bits per heavy atom. The minimum atomic E-state index is -0.387. The second-order valence-electron chi connectivity index (χ2n) is 4.66. The second kappa shape index (κ2) is 3.82. The van der Waals surface area contributed by atoms with Crippen molar-refractivity contribution in [2.24, 2.45) is 0 Å². The number of aryl methyl sites for hydroxylation is 1. The minimum Gasteiger partial charge on any atom is -0.454 e. The molecule has 0 saturated heterocycles. The molecule has 1 aliphatic heterocycles. The Bertz CT molecular complexity index is 427. The highest BCUT2D eigenvalue weighted by molar-refractivity contribution is 6.33. The molecule has 0 spiro atoms. The zero-order valence-corrected chi connectivity index (χ0v) is 10.4. The van der Waals surface area contributed by atoms with Crippen molar-refractivity contribution in [3.8, 4) is 11.5 Å². The lowest BCUT2D eigenvalue weighted by molar-refractivity contribution is 0.174. The van der Waals surface area contributed by atoms with Gasteiger partial charge in [0.25, 0.3) is 0 Å². The first-order valence-electron chi connectivity index (χ1n) is 5.17. The maximum Gasteiger partial charge on any atom is 0.231 e. The van der Waals surface area contributed by atoms with E-state index in [2.05, 4.69) is 0 Å². The lowest BCUT2D eigenvalue weighted by atomic mass is 9.82. The van der Waals surface area contributed by atoms with Crippen LogP contribution >= 0.6 is 11.6 Å². The van der Waals surface area contributed by atoms with Gasteiger partial charge in [0.2, 0.25) is 6.79 Å². The van der Waals surface area contributed by atoms with Crippen molar-refractivity contribution in [2.45, 2.75) is 26.2 Å². The normalized spacial score (nSPS) is 14.3. The van der Waals surface area contributed by atoms with Crippen LogP contribution in [0.3, 0.4) is 0 Å². The van der Waals surface area contributed by atoms with Gasteiger partial charge in [-0.05, 0) is 24.1 Å². The van der Waals surface area contributed by atoms with Crippen molar-refractivity contribution in [3.63, 3.8) is 0 Å². The van der Waals surface area contributed by atoms with Gasteiger partial charge < -0.3 is 14.6 Å². The predicted molar refractivity (Wildman–Crippen MR) is 62.4 cm³/mol. The van der Waals surface area contributed by atoms with E-state index < -0.39 is 0 Å². The molecule has 1 aliphatic rings. The predicted octanol–water partition coefficient (Wildman–Crippen LogP) is 2.65. The fraction of sp³-hybridized carbons (Fsp3) is 0.500. The zero-order chi connectivity index (χ0) is 11.9.